The van der Waals surface area contributed by atoms with E-state index in [0.29, 0.717) is 34.0 Å². The molecule has 4 nitrogen and oxygen atoms in total. The minimum Gasteiger partial charge on any atom is -0.436 e. The number of aromatic nitrogens is 1. The van der Waals surface area contributed by atoms with Crippen LogP contribution in [0.2, 0.25) is 0 Å². The molecule has 0 bridgehead atoms. The summed E-state index contributed by atoms with van der Waals surface area (Å²) in [5, 5.41) is 2.83. The van der Waals surface area contributed by atoms with E-state index in [1.54, 1.807) is 37.4 Å². The summed E-state index contributed by atoms with van der Waals surface area (Å²) in [4.78, 5) is 17.2. The van der Waals surface area contributed by atoms with Crippen molar-refractivity contribution in [3.63, 3.8) is 0 Å². The number of carbonyl (C=O) groups excluding carboxylic acids is 1. The van der Waals surface area contributed by atoms with E-state index in [-0.39, 0.29) is 11.7 Å². The zero-order valence-corrected chi connectivity index (χ0v) is 15.1. The summed E-state index contributed by atoms with van der Waals surface area (Å²) in [5.74, 6) is 0.328. The largest absolute Gasteiger partial charge is 0.436 e. The standard InChI is InChI=1S/C23H17FN2O2/c1-15-13-17(24)11-12-20(15)26-22(27)18-9-5-6-10-19(18)23-25-14-21(28-23)16-7-3-2-4-8-16/h2-14H,1H3,(H,26,27). The molecule has 1 heterocycles. The molecule has 0 aliphatic carbocycles. The van der Waals surface area contributed by atoms with E-state index in [0.717, 1.165) is 5.56 Å². The molecule has 0 saturated heterocycles. The van der Waals surface area contributed by atoms with Crippen LogP contribution in [0.15, 0.2) is 83.4 Å². The van der Waals surface area contributed by atoms with E-state index in [4.69, 9.17) is 4.42 Å². The highest BCUT2D eigenvalue weighted by molar-refractivity contribution is 6.08. The van der Waals surface area contributed by atoms with E-state index >= 15 is 0 Å². The van der Waals surface area contributed by atoms with Crippen molar-refractivity contribution in [1.29, 1.82) is 0 Å². The van der Waals surface area contributed by atoms with Crippen molar-refractivity contribution in [2.45, 2.75) is 6.92 Å². The molecule has 1 amide bonds. The average Bonchev–Trinajstić information content (AvgIpc) is 3.21. The fraction of sp³-hybridized carbons (Fsp3) is 0.0435. The second-order valence-electron chi connectivity index (χ2n) is 6.35. The Morgan fingerprint density at radius 2 is 1.75 bits per heavy atom. The van der Waals surface area contributed by atoms with Crippen molar-refractivity contribution in [3.05, 3.63) is 95.9 Å². The van der Waals surface area contributed by atoms with Crippen molar-refractivity contribution in [3.8, 4) is 22.8 Å². The smallest absolute Gasteiger partial charge is 0.256 e. The molecule has 0 saturated carbocycles. The molecule has 4 aromatic rings. The molecule has 1 N–H and O–H groups in total. The van der Waals surface area contributed by atoms with E-state index in [1.807, 2.05) is 36.4 Å². The number of halogens is 1. The van der Waals surface area contributed by atoms with Crippen LogP contribution in [-0.4, -0.2) is 10.9 Å². The fourth-order valence-corrected chi connectivity index (χ4v) is 2.96. The van der Waals surface area contributed by atoms with E-state index in [2.05, 4.69) is 10.3 Å². The molecule has 28 heavy (non-hydrogen) atoms. The maximum atomic E-state index is 13.3. The van der Waals surface area contributed by atoms with E-state index in [9.17, 15) is 9.18 Å². The van der Waals surface area contributed by atoms with Crippen molar-refractivity contribution in [1.82, 2.24) is 4.98 Å². The van der Waals surface area contributed by atoms with Crippen molar-refractivity contribution < 1.29 is 13.6 Å². The van der Waals surface area contributed by atoms with Crippen LogP contribution in [-0.2, 0) is 0 Å². The lowest BCUT2D eigenvalue weighted by atomic mass is 10.1. The summed E-state index contributed by atoms with van der Waals surface area (Å²) >= 11 is 0. The first kappa shape index (κ1) is 17.7. The third kappa shape index (κ3) is 3.55. The molecule has 138 valence electrons. The van der Waals surface area contributed by atoms with Gasteiger partial charge in [0.2, 0.25) is 5.89 Å². The van der Waals surface area contributed by atoms with Crippen LogP contribution in [0, 0.1) is 12.7 Å². The van der Waals surface area contributed by atoms with Crippen LogP contribution >= 0.6 is 0 Å². The molecule has 0 spiro atoms. The van der Waals surface area contributed by atoms with Crippen molar-refractivity contribution >= 4 is 11.6 Å². The molecule has 1 aromatic heterocycles. The predicted octanol–water partition coefficient (Wildman–Crippen LogP) is 5.71. The summed E-state index contributed by atoms with van der Waals surface area (Å²) in [7, 11) is 0. The molecule has 0 aliphatic heterocycles. The normalized spacial score (nSPS) is 10.6. The Labute approximate surface area is 161 Å². The number of hydrogen-bond acceptors (Lipinski definition) is 3. The summed E-state index contributed by atoms with van der Waals surface area (Å²) in [5.41, 5.74) is 3.12. The Morgan fingerprint density at radius 3 is 2.54 bits per heavy atom. The summed E-state index contributed by atoms with van der Waals surface area (Å²) in [6, 6.07) is 21.0. The minimum atomic E-state index is -0.343. The molecular weight excluding hydrogens is 355 g/mol. The van der Waals surface area contributed by atoms with Crippen LogP contribution < -0.4 is 5.32 Å². The number of nitrogens with one attached hydrogen (secondary N) is 1. The first-order valence-corrected chi connectivity index (χ1v) is 8.80. The molecule has 0 unspecified atom stereocenters. The SMILES string of the molecule is Cc1cc(F)ccc1NC(=O)c1ccccc1-c1ncc(-c2ccccc2)o1. The lowest BCUT2D eigenvalue weighted by Crippen LogP contribution is -2.14. The number of oxazole rings is 1. The molecular formula is C23H17FN2O2. The number of nitrogens with zero attached hydrogens (tertiary/aromatic N) is 1. The molecule has 0 fully saturated rings. The van der Waals surface area contributed by atoms with Crippen molar-refractivity contribution in [2.24, 2.45) is 0 Å². The Balaban J connectivity index is 1.66. The highest BCUT2D eigenvalue weighted by Crippen LogP contribution is 2.29. The number of carbonyl (C=O) groups is 1. The van der Waals surface area contributed by atoms with Crippen LogP contribution in [0.1, 0.15) is 15.9 Å². The van der Waals surface area contributed by atoms with Crippen LogP contribution in [0.25, 0.3) is 22.8 Å². The average molecular weight is 372 g/mol. The highest BCUT2D eigenvalue weighted by Gasteiger charge is 2.17. The van der Waals surface area contributed by atoms with Gasteiger partial charge in [-0.1, -0.05) is 42.5 Å². The van der Waals surface area contributed by atoms with Crippen LogP contribution in [0.3, 0.4) is 0 Å². The van der Waals surface area contributed by atoms with Crippen LogP contribution in [0.5, 0.6) is 0 Å². The number of rotatable bonds is 4. The molecule has 0 aliphatic rings. The minimum absolute atomic E-state index is 0.315. The van der Waals surface area contributed by atoms with Crippen LogP contribution in [0.4, 0.5) is 10.1 Å². The number of aryl methyl sites for hydroxylation is 1. The molecule has 4 rings (SSSR count). The van der Waals surface area contributed by atoms with Gasteiger partial charge in [-0.15, -0.1) is 0 Å². The summed E-state index contributed by atoms with van der Waals surface area (Å²) in [6.45, 7) is 1.74. The van der Waals surface area contributed by atoms with Gasteiger partial charge < -0.3 is 9.73 Å². The molecule has 0 atom stereocenters. The van der Waals surface area contributed by atoms with Crippen molar-refractivity contribution in [2.75, 3.05) is 5.32 Å². The highest BCUT2D eigenvalue weighted by atomic mass is 19.1. The fourth-order valence-electron chi connectivity index (χ4n) is 2.96. The zero-order chi connectivity index (χ0) is 19.5. The number of benzene rings is 3. The van der Waals surface area contributed by atoms with Gasteiger partial charge in [-0.25, -0.2) is 9.37 Å². The molecule has 3 aromatic carbocycles. The lowest BCUT2D eigenvalue weighted by molar-refractivity contribution is 0.102. The zero-order valence-electron chi connectivity index (χ0n) is 15.1. The van der Waals surface area contributed by atoms with Gasteiger partial charge in [0, 0.05) is 16.8 Å². The first-order chi connectivity index (χ1) is 13.6. The third-order valence-corrected chi connectivity index (χ3v) is 4.40. The monoisotopic (exact) mass is 372 g/mol. The molecule has 5 heteroatoms. The van der Waals surface area contributed by atoms with Gasteiger partial charge in [0.1, 0.15) is 5.82 Å². The molecule has 0 radical (unpaired) electrons. The van der Waals surface area contributed by atoms with Gasteiger partial charge in [0.05, 0.1) is 11.8 Å². The second kappa shape index (κ2) is 7.48. The van der Waals surface area contributed by atoms with Gasteiger partial charge in [0.25, 0.3) is 5.91 Å². The summed E-state index contributed by atoms with van der Waals surface area (Å²) < 4.78 is 19.2. The maximum absolute atomic E-state index is 13.3. The van der Waals surface area contributed by atoms with Gasteiger partial charge in [0.15, 0.2) is 5.76 Å². The Kier molecular flexibility index (Phi) is 4.72. The third-order valence-electron chi connectivity index (χ3n) is 4.40. The Morgan fingerprint density at radius 1 is 1.00 bits per heavy atom. The maximum Gasteiger partial charge on any atom is 0.256 e. The van der Waals surface area contributed by atoms with Gasteiger partial charge in [-0.3, -0.25) is 4.79 Å². The number of anilines is 1. The first-order valence-electron chi connectivity index (χ1n) is 8.80. The van der Waals surface area contributed by atoms with Gasteiger partial charge >= 0.3 is 0 Å². The quantitative estimate of drug-likeness (QED) is 0.499. The Hall–Kier alpha value is -3.73. The second-order valence-corrected chi connectivity index (χ2v) is 6.35. The summed E-state index contributed by atoms with van der Waals surface area (Å²) in [6.07, 6.45) is 1.64. The predicted molar refractivity (Wildman–Crippen MR) is 106 cm³/mol. The van der Waals surface area contributed by atoms with Gasteiger partial charge in [-0.05, 0) is 42.8 Å². The topological polar surface area (TPSA) is 55.1 Å². The van der Waals surface area contributed by atoms with E-state index in [1.165, 1.54) is 12.1 Å². The van der Waals surface area contributed by atoms with E-state index < -0.39 is 0 Å². The Bertz CT molecular complexity index is 1140. The van der Waals surface area contributed by atoms with Gasteiger partial charge in [-0.2, -0.15) is 0 Å². The number of amides is 1. The lowest BCUT2D eigenvalue weighted by Gasteiger charge is -2.10. The number of hydrogen-bond donors (Lipinski definition) is 1.